The Kier molecular flexibility index (Phi) is 7.94. The SMILES string of the molecule is Cl.NCC(F)(F)CNC(=O)CCC(=O)c1ccccc1. The fraction of sp³-hybridized carbons (Fsp3) is 0.385. The van der Waals surface area contributed by atoms with E-state index in [4.69, 9.17) is 5.73 Å². The van der Waals surface area contributed by atoms with Crippen LogP contribution in [0.4, 0.5) is 8.78 Å². The van der Waals surface area contributed by atoms with E-state index in [1.54, 1.807) is 30.3 Å². The molecule has 0 aliphatic rings. The predicted molar refractivity (Wildman–Crippen MR) is 74.3 cm³/mol. The first kappa shape index (κ1) is 18.5. The molecular weight excluding hydrogens is 290 g/mol. The van der Waals surface area contributed by atoms with Crippen molar-refractivity contribution in [3.8, 4) is 0 Å². The van der Waals surface area contributed by atoms with Crippen LogP contribution in [0.15, 0.2) is 30.3 Å². The molecule has 0 aromatic heterocycles. The fourth-order valence-corrected chi connectivity index (χ4v) is 1.38. The molecule has 0 heterocycles. The fourth-order valence-electron chi connectivity index (χ4n) is 1.38. The van der Waals surface area contributed by atoms with Gasteiger partial charge in [0.25, 0.3) is 5.92 Å². The number of hydrogen-bond donors (Lipinski definition) is 2. The number of amides is 1. The molecule has 0 unspecified atom stereocenters. The van der Waals surface area contributed by atoms with Crippen molar-refractivity contribution in [3.05, 3.63) is 35.9 Å². The molecule has 0 aliphatic carbocycles. The van der Waals surface area contributed by atoms with Gasteiger partial charge in [0.15, 0.2) is 5.78 Å². The molecule has 112 valence electrons. The van der Waals surface area contributed by atoms with Gasteiger partial charge in [0.05, 0.1) is 13.1 Å². The number of Topliss-reactive ketones (excluding diaryl/α,β-unsaturated/α-hetero) is 1. The van der Waals surface area contributed by atoms with Gasteiger partial charge in [-0.05, 0) is 0 Å². The molecule has 0 spiro atoms. The second kappa shape index (κ2) is 8.60. The van der Waals surface area contributed by atoms with Crippen molar-refractivity contribution in [1.82, 2.24) is 5.32 Å². The third-order valence-corrected chi connectivity index (χ3v) is 2.52. The quantitative estimate of drug-likeness (QED) is 0.754. The van der Waals surface area contributed by atoms with E-state index >= 15 is 0 Å². The summed E-state index contributed by atoms with van der Waals surface area (Å²) < 4.78 is 25.5. The van der Waals surface area contributed by atoms with Crippen molar-refractivity contribution in [1.29, 1.82) is 0 Å². The van der Waals surface area contributed by atoms with Crippen LogP contribution in [-0.2, 0) is 4.79 Å². The number of nitrogens with two attached hydrogens (primary N) is 1. The second-order valence-electron chi connectivity index (χ2n) is 4.13. The number of hydrogen-bond acceptors (Lipinski definition) is 3. The summed E-state index contributed by atoms with van der Waals surface area (Å²) >= 11 is 0. The van der Waals surface area contributed by atoms with Crippen LogP contribution in [-0.4, -0.2) is 30.7 Å². The third kappa shape index (κ3) is 6.58. The molecule has 1 amide bonds. The Balaban J connectivity index is 0.00000361. The molecular formula is C13H17ClF2N2O2. The van der Waals surface area contributed by atoms with Crippen molar-refractivity contribution in [2.75, 3.05) is 13.1 Å². The van der Waals surface area contributed by atoms with E-state index in [0.29, 0.717) is 5.56 Å². The van der Waals surface area contributed by atoms with Crippen LogP contribution >= 0.6 is 12.4 Å². The molecule has 0 radical (unpaired) electrons. The molecule has 1 rings (SSSR count). The third-order valence-electron chi connectivity index (χ3n) is 2.52. The zero-order chi connectivity index (χ0) is 14.3. The van der Waals surface area contributed by atoms with E-state index in [2.05, 4.69) is 5.32 Å². The maximum Gasteiger partial charge on any atom is 0.277 e. The summed E-state index contributed by atoms with van der Waals surface area (Å²) in [5.74, 6) is -3.89. The van der Waals surface area contributed by atoms with Crippen LogP contribution in [0.1, 0.15) is 23.2 Å². The Bertz CT molecular complexity index is 441. The van der Waals surface area contributed by atoms with Crippen molar-refractivity contribution >= 4 is 24.1 Å². The van der Waals surface area contributed by atoms with Crippen LogP contribution in [0.25, 0.3) is 0 Å². The Hall–Kier alpha value is -1.53. The van der Waals surface area contributed by atoms with E-state index in [1.165, 1.54) is 0 Å². The first-order valence-corrected chi connectivity index (χ1v) is 5.87. The van der Waals surface area contributed by atoms with Crippen molar-refractivity contribution < 1.29 is 18.4 Å². The minimum atomic E-state index is -3.11. The number of halogens is 3. The van der Waals surface area contributed by atoms with Crippen LogP contribution in [0.5, 0.6) is 0 Å². The average Bonchev–Trinajstić information content (AvgIpc) is 2.43. The van der Waals surface area contributed by atoms with Crippen molar-refractivity contribution in [2.45, 2.75) is 18.8 Å². The van der Waals surface area contributed by atoms with Gasteiger partial charge in [0.2, 0.25) is 5.91 Å². The Morgan fingerprint density at radius 2 is 1.75 bits per heavy atom. The lowest BCUT2D eigenvalue weighted by atomic mass is 10.1. The van der Waals surface area contributed by atoms with Crippen molar-refractivity contribution in [2.24, 2.45) is 5.73 Å². The molecule has 0 aliphatic heterocycles. The summed E-state index contributed by atoms with van der Waals surface area (Å²) in [4.78, 5) is 23.0. The van der Waals surface area contributed by atoms with E-state index in [9.17, 15) is 18.4 Å². The van der Waals surface area contributed by atoms with Gasteiger partial charge in [-0.3, -0.25) is 9.59 Å². The molecule has 1 aromatic rings. The lowest BCUT2D eigenvalue weighted by molar-refractivity contribution is -0.122. The molecule has 7 heteroatoms. The zero-order valence-corrected chi connectivity index (χ0v) is 11.6. The van der Waals surface area contributed by atoms with Gasteiger partial charge in [0, 0.05) is 18.4 Å². The lowest BCUT2D eigenvalue weighted by Crippen LogP contribution is -2.41. The number of benzene rings is 1. The van der Waals surface area contributed by atoms with E-state index in [1.807, 2.05) is 0 Å². The predicted octanol–water partition coefficient (Wildman–Crippen LogP) is 1.78. The van der Waals surface area contributed by atoms with Crippen LogP contribution < -0.4 is 11.1 Å². The number of ketones is 1. The Labute approximate surface area is 122 Å². The molecule has 0 fully saturated rings. The molecule has 4 nitrogen and oxygen atoms in total. The van der Waals surface area contributed by atoms with E-state index in [0.717, 1.165) is 0 Å². The minimum Gasteiger partial charge on any atom is -0.350 e. The Morgan fingerprint density at radius 1 is 1.15 bits per heavy atom. The summed E-state index contributed by atoms with van der Waals surface area (Å²) in [6, 6.07) is 8.49. The smallest absolute Gasteiger partial charge is 0.277 e. The zero-order valence-electron chi connectivity index (χ0n) is 10.8. The normalized spacial score (nSPS) is 10.6. The standard InChI is InChI=1S/C13H16F2N2O2.ClH/c14-13(15,8-16)9-17-12(19)7-6-11(18)10-4-2-1-3-5-10;/h1-5H,6-9,16H2,(H,17,19);1H. The summed E-state index contributed by atoms with van der Waals surface area (Å²) in [5.41, 5.74) is 5.34. The molecule has 20 heavy (non-hydrogen) atoms. The van der Waals surface area contributed by atoms with Gasteiger partial charge >= 0.3 is 0 Å². The molecule has 0 atom stereocenters. The average molecular weight is 307 g/mol. The number of rotatable bonds is 7. The van der Waals surface area contributed by atoms with E-state index in [-0.39, 0.29) is 31.0 Å². The molecule has 0 bridgehead atoms. The van der Waals surface area contributed by atoms with Gasteiger partial charge in [-0.1, -0.05) is 30.3 Å². The topological polar surface area (TPSA) is 72.2 Å². The van der Waals surface area contributed by atoms with Gasteiger partial charge in [-0.15, -0.1) is 12.4 Å². The summed E-state index contributed by atoms with van der Waals surface area (Å²) in [7, 11) is 0. The maximum atomic E-state index is 12.8. The Morgan fingerprint density at radius 3 is 2.30 bits per heavy atom. The van der Waals surface area contributed by atoms with Gasteiger partial charge in [-0.2, -0.15) is 0 Å². The van der Waals surface area contributed by atoms with Gasteiger partial charge < -0.3 is 11.1 Å². The molecule has 0 saturated carbocycles. The number of alkyl halides is 2. The number of carbonyl (C=O) groups is 2. The first-order chi connectivity index (χ1) is 8.94. The highest BCUT2D eigenvalue weighted by atomic mass is 35.5. The van der Waals surface area contributed by atoms with Crippen LogP contribution in [0, 0.1) is 0 Å². The first-order valence-electron chi connectivity index (χ1n) is 5.87. The van der Waals surface area contributed by atoms with Gasteiger partial charge in [-0.25, -0.2) is 8.78 Å². The van der Waals surface area contributed by atoms with Gasteiger partial charge in [0.1, 0.15) is 0 Å². The minimum absolute atomic E-state index is 0. The molecule has 3 N–H and O–H groups in total. The second-order valence-corrected chi connectivity index (χ2v) is 4.13. The van der Waals surface area contributed by atoms with E-state index < -0.39 is 24.9 Å². The largest absolute Gasteiger partial charge is 0.350 e. The van der Waals surface area contributed by atoms with Crippen LogP contribution in [0.3, 0.4) is 0 Å². The molecule has 1 aromatic carbocycles. The monoisotopic (exact) mass is 306 g/mol. The summed E-state index contributed by atoms with van der Waals surface area (Å²) in [5, 5.41) is 2.06. The summed E-state index contributed by atoms with van der Waals surface area (Å²) in [6.45, 7) is -1.63. The van der Waals surface area contributed by atoms with Crippen LogP contribution in [0.2, 0.25) is 0 Å². The lowest BCUT2D eigenvalue weighted by Gasteiger charge is -2.14. The maximum absolute atomic E-state index is 12.8. The van der Waals surface area contributed by atoms with Crippen molar-refractivity contribution in [3.63, 3.8) is 0 Å². The highest BCUT2D eigenvalue weighted by Gasteiger charge is 2.27. The highest BCUT2D eigenvalue weighted by Crippen LogP contribution is 2.09. The highest BCUT2D eigenvalue weighted by molar-refractivity contribution is 5.97. The molecule has 0 saturated heterocycles. The number of carbonyl (C=O) groups excluding carboxylic acids is 2. The summed E-state index contributed by atoms with van der Waals surface area (Å²) in [6.07, 6.45) is -0.127. The number of nitrogens with one attached hydrogen (secondary N) is 1.